The molecular formula is C8H11ClFNO2S. The van der Waals surface area contributed by atoms with Crippen molar-refractivity contribution in [2.75, 3.05) is 0 Å². The van der Waals surface area contributed by atoms with Crippen molar-refractivity contribution in [2.45, 2.75) is 17.9 Å². The van der Waals surface area contributed by atoms with Crippen LogP contribution in [0.25, 0.3) is 0 Å². The molecule has 1 rings (SSSR count). The monoisotopic (exact) mass is 239 g/mol. The summed E-state index contributed by atoms with van der Waals surface area (Å²) in [4.78, 5) is -0.336. The summed E-state index contributed by atoms with van der Waals surface area (Å²) in [5, 5.41) is 0. The Morgan fingerprint density at radius 1 is 1.29 bits per heavy atom. The van der Waals surface area contributed by atoms with Gasteiger partial charge in [-0.3, -0.25) is 0 Å². The van der Waals surface area contributed by atoms with Crippen molar-refractivity contribution in [3.05, 3.63) is 29.8 Å². The normalized spacial score (nSPS) is 13.1. The van der Waals surface area contributed by atoms with Crippen molar-refractivity contribution in [3.8, 4) is 0 Å². The molecule has 0 spiro atoms. The SMILES string of the molecule is CC(N)c1ccc(S(=O)(=O)F)cc1.Cl. The molecule has 1 unspecified atom stereocenters. The molecule has 0 radical (unpaired) electrons. The Balaban J connectivity index is 0.00000169. The van der Waals surface area contributed by atoms with Gasteiger partial charge in [0, 0.05) is 6.04 Å². The minimum atomic E-state index is -4.59. The highest BCUT2D eigenvalue weighted by molar-refractivity contribution is 7.86. The third-order valence-electron chi connectivity index (χ3n) is 1.69. The van der Waals surface area contributed by atoms with Gasteiger partial charge in [0.15, 0.2) is 0 Å². The fourth-order valence-corrected chi connectivity index (χ4v) is 1.40. The predicted molar refractivity (Wildman–Crippen MR) is 54.6 cm³/mol. The van der Waals surface area contributed by atoms with Crippen LogP contribution in [0, 0.1) is 0 Å². The Bertz CT molecular complexity index is 388. The summed E-state index contributed by atoms with van der Waals surface area (Å²) in [6.45, 7) is 1.76. The lowest BCUT2D eigenvalue weighted by Crippen LogP contribution is -2.04. The van der Waals surface area contributed by atoms with Crippen LogP contribution in [0.5, 0.6) is 0 Å². The van der Waals surface area contributed by atoms with Crippen molar-refractivity contribution in [1.82, 2.24) is 0 Å². The molecule has 0 aliphatic rings. The number of hydrogen-bond donors (Lipinski definition) is 1. The number of rotatable bonds is 2. The van der Waals surface area contributed by atoms with Crippen LogP contribution in [0.15, 0.2) is 29.2 Å². The summed E-state index contributed by atoms with van der Waals surface area (Å²) in [6.07, 6.45) is 0. The zero-order chi connectivity index (χ0) is 10.1. The van der Waals surface area contributed by atoms with Crippen molar-refractivity contribution < 1.29 is 12.3 Å². The van der Waals surface area contributed by atoms with Crippen molar-refractivity contribution in [3.63, 3.8) is 0 Å². The molecule has 1 aromatic rings. The van der Waals surface area contributed by atoms with E-state index in [1.54, 1.807) is 6.92 Å². The van der Waals surface area contributed by atoms with E-state index in [1.807, 2.05) is 0 Å². The van der Waals surface area contributed by atoms with Crippen LogP contribution in [0.4, 0.5) is 3.89 Å². The van der Waals surface area contributed by atoms with Crippen LogP contribution in [-0.2, 0) is 10.2 Å². The summed E-state index contributed by atoms with van der Waals surface area (Å²) in [5.74, 6) is 0. The Kier molecular flexibility index (Phi) is 4.51. The van der Waals surface area contributed by atoms with E-state index >= 15 is 0 Å². The van der Waals surface area contributed by atoms with Crippen LogP contribution in [0.1, 0.15) is 18.5 Å². The Morgan fingerprint density at radius 3 is 2.00 bits per heavy atom. The van der Waals surface area contributed by atoms with Gasteiger partial charge in [-0.2, -0.15) is 8.42 Å². The van der Waals surface area contributed by atoms with Crippen LogP contribution >= 0.6 is 12.4 Å². The number of nitrogens with two attached hydrogens (primary N) is 1. The molecule has 0 saturated heterocycles. The summed E-state index contributed by atoms with van der Waals surface area (Å²) in [5.41, 5.74) is 6.30. The van der Waals surface area contributed by atoms with E-state index in [4.69, 9.17) is 5.73 Å². The van der Waals surface area contributed by atoms with E-state index in [9.17, 15) is 12.3 Å². The Labute approximate surface area is 88.7 Å². The molecule has 0 heterocycles. The Morgan fingerprint density at radius 2 is 1.71 bits per heavy atom. The largest absolute Gasteiger partial charge is 0.332 e. The first-order valence-corrected chi connectivity index (χ1v) is 5.10. The molecule has 0 aliphatic carbocycles. The van der Waals surface area contributed by atoms with E-state index in [0.29, 0.717) is 0 Å². The highest BCUT2D eigenvalue weighted by Gasteiger charge is 2.11. The third-order valence-corrected chi connectivity index (χ3v) is 2.52. The van der Waals surface area contributed by atoms with Crippen LogP contribution in [0.2, 0.25) is 0 Å². The van der Waals surface area contributed by atoms with Crippen LogP contribution in [0.3, 0.4) is 0 Å². The zero-order valence-electron chi connectivity index (χ0n) is 7.48. The minimum absolute atomic E-state index is 0. The van der Waals surface area contributed by atoms with Crippen LogP contribution in [-0.4, -0.2) is 8.42 Å². The van der Waals surface area contributed by atoms with Gasteiger partial charge in [-0.25, -0.2) is 0 Å². The fraction of sp³-hybridized carbons (Fsp3) is 0.250. The first-order valence-electron chi connectivity index (χ1n) is 3.71. The van der Waals surface area contributed by atoms with Gasteiger partial charge in [0.25, 0.3) is 0 Å². The van der Waals surface area contributed by atoms with Crippen molar-refractivity contribution in [2.24, 2.45) is 5.73 Å². The maximum absolute atomic E-state index is 12.4. The predicted octanol–water partition coefficient (Wildman–Crippen LogP) is 1.79. The van der Waals surface area contributed by atoms with Gasteiger partial charge in [0.2, 0.25) is 0 Å². The molecule has 0 bridgehead atoms. The highest BCUT2D eigenvalue weighted by Crippen LogP contribution is 2.15. The van der Waals surface area contributed by atoms with E-state index < -0.39 is 10.2 Å². The molecular weight excluding hydrogens is 229 g/mol. The topological polar surface area (TPSA) is 60.2 Å². The first-order chi connectivity index (χ1) is 5.91. The third kappa shape index (κ3) is 3.25. The second kappa shape index (κ2) is 4.72. The molecule has 14 heavy (non-hydrogen) atoms. The molecule has 0 amide bonds. The first kappa shape index (κ1) is 13.4. The lowest BCUT2D eigenvalue weighted by Gasteiger charge is -2.04. The van der Waals surface area contributed by atoms with Gasteiger partial charge in [0.05, 0.1) is 4.90 Å². The average molecular weight is 240 g/mol. The summed E-state index contributed by atoms with van der Waals surface area (Å²) >= 11 is 0. The molecule has 1 atom stereocenters. The maximum atomic E-state index is 12.4. The van der Waals surface area contributed by atoms with Crippen molar-refractivity contribution >= 4 is 22.6 Å². The van der Waals surface area contributed by atoms with Crippen molar-refractivity contribution in [1.29, 1.82) is 0 Å². The molecule has 6 heteroatoms. The van der Waals surface area contributed by atoms with Gasteiger partial charge in [0.1, 0.15) is 0 Å². The Hall–Kier alpha value is -0.650. The molecule has 1 aromatic carbocycles. The van der Waals surface area contributed by atoms with Gasteiger partial charge in [-0.15, -0.1) is 16.3 Å². The number of hydrogen-bond acceptors (Lipinski definition) is 3. The second-order valence-corrected chi connectivity index (χ2v) is 4.14. The average Bonchev–Trinajstić information content (AvgIpc) is 2.03. The van der Waals surface area contributed by atoms with E-state index in [0.717, 1.165) is 5.56 Å². The standard InChI is InChI=1S/C8H10FNO2S.ClH/c1-6(10)7-2-4-8(5-3-7)13(9,11)12;/h2-6H,10H2,1H3;1H. The lowest BCUT2D eigenvalue weighted by molar-refractivity contribution is 0.552. The molecule has 2 N–H and O–H groups in total. The molecule has 3 nitrogen and oxygen atoms in total. The summed E-state index contributed by atoms with van der Waals surface area (Å²) in [6, 6.07) is 5.22. The summed E-state index contributed by atoms with van der Waals surface area (Å²) in [7, 11) is -4.59. The minimum Gasteiger partial charge on any atom is -0.324 e. The van der Waals surface area contributed by atoms with Gasteiger partial charge < -0.3 is 5.73 Å². The quantitative estimate of drug-likeness (QED) is 0.801. The van der Waals surface area contributed by atoms with E-state index in [-0.39, 0.29) is 23.3 Å². The second-order valence-electron chi connectivity index (χ2n) is 2.80. The summed E-state index contributed by atoms with van der Waals surface area (Å²) < 4.78 is 33.2. The number of halogens is 2. The lowest BCUT2D eigenvalue weighted by atomic mass is 10.1. The fourth-order valence-electron chi connectivity index (χ4n) is 0.934. The molecule has 0 saturated carbocycles. The van der Waals surface area contributed by atoms with Gasteiger partial charge in [-0.05, 0) is 24.6 Å². The van der Waals surface area contributed by atoms with E-state index in [1.165, 1.54) is 24.3 Å². The molecule has 0 aromatic heterocycles. The highest BCUT2D eigenvalue weighted by atomic mass is 35.5. The van der Waals surface area contributed by atoms with Gasteiger partial charge >= 0.3 is 10.2 Å². The maximum Gasteiger partial charge on any atom is 0.332 e. The molecule has 0 fully saturated rings. The zero-order valence-corrected chi connectivity index (χ0v) is 9.11. The molecule has 0 aliphatic heterocycles. The van der Waals surface area contributed by atoms with E-state index in [2.05, 4.69) is 0 Å². The number of benzene rings is 1. The molecule has 80 valence electrons. The smallest absolute Gasteiger partial charge is 0.324 e. The van der Waals surface area contributed by atoms with Crippen LogP contribution < -0.4 is 5.73 Å². The van der Waals surface area contributed by atoms with Gasteiger partial charge in [-0.1, -0.05) is 12.1 Å².